The van der Waals surface area contributed by atoms with E-state index in [1.54, 1.807) is 0 Å². The van der Waals surface area contributed by atoms with Crippen LogP contribution in [0.3, 0.4) is 0 Å². The van der Waals surface area contributed by atoms with Crippen molar-refractivity contribution >= 4 is 5.91 Å². The molecule has 4 nitrogen and oxygen atoms in total. The Labute approximate surface area is 95.8 Å². The Morgan fingerprint density at radius 3 is 2.69 bits per heavy atom. The lowest BCUT2D eigenvalue weighted by atomic mass is 10.1. The number of aromatic amines is 1. The molecule has 1 aliphatic carbocycles. The van der Waals surface area contributed by atoms with Crippen molar-refractivity contribution in [1.29, 1.82) is 0 Å². The molecule has 1 fully saturated rings. The molecule has 2 rings (SSSR count). The molecule has 0 radical (unpaired) electrons. The third-order valence-electron chi connectivity index (χ3n) is 3.38. The summed E-state index contributed by atoms with van der Waals surface area (Å²) < 4.78 is 0. The first-order valence-corrected chi connectivity index (χ1v) is 5.98. The van der Waals surface area contributed by atoms with Crippen molar-refractivity contribution in [2.24, 2.45) is 5.92 Å². The van der Waals surface area contributed by atoms with Gasteiger partial charge in [-0.25, -0.2) is 0 Å². The van der Waals surface area contributed by atoms with Crippen LogP contribution in [-0.2, 0) is 0 Å². The molecule has 0 saturated heterocycles. The van der Waals surface area contributed by atoms with E-state index in [0.717, 1.165) is 17.9 Å². The summed E-state index contributed by atoms with van der Waals surface area (Å²) in [4.78, 5) is 11.9. The van der Waals surface area contributed by atoms with E-state index in [1.807, 2.05) is 13.8 Å². The highest BCUT2D eigenvalue weighted by Gasteiger charge is 2.18. The molecule has 1 heterocycles. The fraction of sp³-hybridized carbons (Fsp3) is 0.667. The predicted molar refractivity (Wildman–Crippen MR) is 62.4 cm³/mol. The number of hydrogen-bond donors (Lipinski definition) is 2. The first-order valence-electron chi connectivity index (χ1n) is 5.98. The second-order valence-corrected chi connectivity index (χ2v) is 4.67. The highest BCUT2D eigenvalue weighted by atomic mass is 16.1. The van der Waals surface area contributed by atoms with Crippen molar-refractivity contribution < 1.29 is 4.79 Å². The number of rotatable bonds is 3. The molecular weight excluding hydrogens is 202 g/mol. The third kappa shape index (κ3) is 2.26. The summed E-state index contributed by atoms with van der Waals surface area (Å²) in [5.74, 6) is 0.687. The Kier molecular flexibility index (Phi) is 3.27. The van der Waals surface area contributed by atoms with Crippen LogP contribution in [0.25, 0.3) is 0 Å². The maximum atomic E-state index is 11.9. The van der Waals surface area contributed by atoms with Gasteiger partial charge in [0.05, 0.1) is 11.3 Å². The Hall–Kier alpha value is -1.32. The summed E-state index contributed by atoms with van der Waals surface area (Å²) in [5, 5.41) is 9.88. The number of hydrogen-bond acceptors (Lipinski definition) is 2. The van der Waals surface area contributed by atoms with E-state index in [2.05, 4.69) is 15.5 Å². The number of nitrogens with one attached hydrogen (secondary N) is 2. The molecule has 1 aliphatic rings. The summed E-state index contributed by atoms with van der Waals surface area (Å²) in [6.45, 7) is 4.54. The minimum atomic E-state index is 0.00986. The van der Waals surface area contributed by atoms with Gasteiger partial charge in [0, 0.05) is 12.2 Å². The minimum Gasteiger partial charge on any atom is -0.352 e. The molecule has 0 bridgehead atoms. The number of aromatic nitrogens is 2. The van der Waals surface area contributed by atoms with E-state index in [1.165, 1.54) is 25.7 Å². The summed E-state index contributed by atoms with van der Waals surface area (Å²) in [7, 11) is 0. The van der Waals surface area contributed by atoms with E-state index in [-0.39, 0.29) is 5.91 Å². The Morgan fingerprint density at radius 2 is 2.12 bits per heavy atom. The molecule has 0 aromatic carbocycles. The zero-order valence-corrected chi connectivity index (χ0v) is 9.97. The molecule has 4 heteroatoms. The highest BCUT2D eigenvalue weighted by molar-refractivity contribution is 5.96. The van der Waals surface area contributed by atoms with Crippen molar-refractivity contribution in [3.63, 3.8) is 0 Å². The maximum Gasteiger partial charge on any atom is 0.255 e. The normalized spacial score (nSPS) is 16.6. The van der Waals surface area contributed by atoms with Crippen LogP contribution in [0, 0.1) is 19.8 Å². The van der Waals surface area contributed by atoms with E-state index in [4.69, 9.17) is 0 Å². The van der Waals surface area contributed by atoms with Crippen LogP contribution in [0.4, 0.5) is 0 Å². The SMILES string of the molecule is Cc1n[nH]c(C)c1C(=O)NCC1CCCC1. The van der Waals surface area contributed by atoms with Crippen LogP contribution in [0.5, 0.6) is 0 Å². The van der Waals surface area contributed by atoms with Crippen molar-refractivity contribution in [2.45, 2.75) is 39.5 Å². The van der Waals surface area contributed by atoms with Crippen LogP contribution < -0.4 is 5.32 Å². The van der Waals surface area contributed by atoms with E-state index in [0.29, 0.717) is 11.5 Å². The fourth-order valence-corrected chi connectivity index (χ4v) is 2.43. The lowest BCUT2D eigenvalue weighted by Crippen LogP contribution is -2.29. The van der Waals surface area contributed by atoms with Gasteiger partial charge in [-0.3, -0.25) is 9.89 Å². The number of amides is 1. The van der Waals surface area contributed by atoms with Gasteiger partial charge in [0.15, 0.2) is 0 Å². The van der Waals surface area contributed by atoms with Crippen LogP contribution in [0.2, 0.25) is 0 Å². The second-order valence-electron chi connectivity index (χ2n) is 4.67. The molecule has 1 aromatic rings. The number of nitrogens with zero attached hydrogens (tertiary/aromatic N) is 1. The van der Waals surface area contributed by atoms with E-state index < -0.39 is 0 Å². The molecule has 1 saturated carbocycles. The molecule has 0 unspecified atom stereocenters. The fourth-order valence-electron chi connectivity index (χ4n) is 2.43. The van der Waals surface area contributed by atoms with Gasteiger partial charge in [-0.1, -0.05) is 12.8 Å². The van der Waals surface area contributed by atoms with E-state index in [9.17, 15) is 4.79 Å². The highest BCUT2D eigenvalue weighted by Crippen LogP contribution is 2.23. The molecule has 1 aromatic heterocycles. The average molecular weight is 221 g/mol. The zero-order chi connectivity index (χ0) is 11.5. The summed E-state index contributed by atoms with van der Waals surface area (Å²) >= 11 is 0. The van der Waals surface area contributed by atoms with Crippen LogP contribution in [0.15, 0.2) is 0 Å². The molecule has 16 heavy (non-hydrogen) atoms. The lowest BCUT2D eigenvalue weighted by molar-refractivity contribution is 0.0946. The van der Waals surface area contributed by atoms with Crippen molar-refractivity contribution in [3.8, 4) is 0 Å². The third-order valence-corrected chi connectivity index (χ3v) is 3.38. The molecule has 0 aliphatic heterocycles. The topological polar surface area (TPSA) is 57.8 Å². The van der Waals surface area contributed by atoms with Crippen LogP contribution in [-0.4, -0.2) is 22.6 Å². The maximum absolute atomic E-state index is 11.9. The van der Waals surface area contributed by atoms with Gasteiger partial charge < -0.3 is 5.32 Å². The van der Waals surface area contributed by atoms with Gasteiger partial charge >= 0.3 is 0 Å². The summed E-state index contributed by atoms with van der Waals surface area (Å²) in [6, 6.07) is 0. The first-order chi connectivity index (χ1) is 7.68. The molecule has 88 valence electrons. The Balaban J connectivity index is 1.92. The Morgan fingerprint density at radius 1 is 1.44 bits per heavy atom. The predicted octanol–water partition coefficient (Wildman–Crippen LogP) is 1.95. The van der Waals surface area contributed by atoms with Gasteiger partial charge in [0.2, 0.25) is 0 Å². The zero-order valence-electron chi connectivity index (χ0n) is 9.97. The Bertz CT molecular complexity index is 358. The molecule has 2 N–H and O–H groups in total. The largest absolute Gasteiger partial charge is 0.352 e. The molecule has 0 atom stereocenters. The number of carbonyl (C=O) groups excluding carboxylic acids is 1. The average Bonchev–Trinajstić information content (AvgIpc) is 2.86. The lowest BCUT2D eigenvalue weighted by Gasteiger charge is -2.10. The van der Waals surface area contributed by atoms with Crippen LogP contribution >= 0.6 is 0 Å². The second kappa shape index (κ2) is 4.68. The first kappa shape index (κ1) is 11.2. The van der Waals surface area contributed by atoms with Crippen molar-refractivity contribution in [3.05, 3.63) is 17.0 Å². The van der Waals surface area contributed by atoms with Crippen molar-refractivity contribution in [2.75, 3.05) is 6.54 Å². The van der Waals surface area contributed by atoms with Gasteiger partial charge in [-0.15, -0.1) is 0 Å². The number of aryl methyl sites for hydroxylation is 2. The minimum absolute atomic E-state index is 0.00986. The summed E-state index contributed by atoms with van der Waals surface area (Å²) in [5.41, 5.74) is 2.33. The standard InChI is InChI=1S/C12H19N3O/c1-8-11(9(2)15-14-8)12(16)13-7-10-5-3-4-6-10/h10H,3-7H2,1-2H3,(H,13,16)(H,14,15). The van der Waals surface area contributed by atoms with Gasteiger partial charge in [-0.2, -0.15) is 5.10 Å². The molecular formula is C12H19N3O. The van der Waals surface area contributed by atoms with Gasteiger partial charge in [0.1, 0.15) is 0 Å². The van der Waals surface area contributed by atoms with Gasteiger partial charge in [0.25, 0.3) is 5.91 Å². The molecule has 1 amide bonds. The number of H-pyrrole nitrogens is 1. The number of carbonyl (C=O) groups is 1. The van der Waals surface area contributed by atoms with E-state index >= 15 is 0 Å². The quantitative estimate of drug-likeness (QED) is 0.819. The monoisotopic (exact) mass is 221 g/mol. The van der Waals surface area contributed by atoms with Gasteiger partial charge in [-0.05, 0) is 32.6 Å². The smallest absolute Gasteiger partial charge is 0.255 e. The van der Waals surface area contributed by atoms with Crippen LogP contribution in [0.1, 0.15) is 47.4 Å². The summed E-state index contributed by atoms with van der Waals surface area (Å²) in [6.07, 6.45) is 5.13. The molecule has 0 spiro atoms. The van der Waals surface area contributed by atoms with Crippen molar-refractivity contribution in [1.82, 2.24) is 15.5 Å².